The molecule has 4 rings (SSSR count). The van der Waals surface area contributed by atoms with Crippen LogP contribution in [0.15, 0.2) is 61.1 Å². The molecule has 0 saturated heterocycles. The van der Waals surface area contributed by atoms with E-state index in [1.165, 1.54) is 12.5 Å². The second-order valence-electron chi connectivity index (χ2n) is 5.74. The van der Waals surface area contributed by atoms with E-state index in [0.717, 1.165) is 8.47 Å². The Morgan fingerprint density at radius 3 is 2.33 bits per heavy atom. The summed E-state index contributed by atoms with van der Waals surface area (Å²) < 4.78 is 1.07. The minimum absolute atomic E-state index is 0.0792. The van der Waals surface area contributed by atoms with Crippen molar-refractivity contribution in [3.05, 3.63) is 81.4 Å². The number of amides is 3. The highest BCUT2D eigenvalue weighted by molar-refractivity contribution is 14.1. The van der Waals surface area contributed by atoms with Gasteiger partial charge in [-0.3, -0.25) is 14.4 Å². The molecule has 0 bridgehead atoms. The van der Waals surface area contributed by atoms with Gasteiger partial charge in [-0.2, -0.15) is 0 Å². The molecule has 1 aromatic heterocycles. The van der Waals surface area contributed by atoms with Gasteiger partial charge >= 0.3 is 0 Å². The molecule has 27 heavy (non-hydrogen) atoms. The molecule has 1 aliphatic rings. The van der Waals surface area contributed by atoms with E-state index in [4.69, 9.17) is 0 Å². The maximum atomic E-state index is 12.4. The molecule has 0 unspecified atom stereocenters. The molecular formula is C19H11IN4O3. The van der Waals surface area contributed by atoms with Gasteiger partial charge in [-0.05, 0) is 71.1 Å². The molecule has 1 aliphatic heterocycles. The van der Waals surface area contributed by atoms with Gasteiger partial charge in [-0.1, -0.05) is 0 Å². The SMILES string of the molecule is O=C(Nc1ccc(I)cc1)c1ccc(N2C(=O)c3cncnc3C2=O)cc1. The van der Waals surface area contributed by atoms with Crippen molar-refractivity contribution in [2.45, 2.75) is 0 Å². The number of hydrogen-bond donors (Lipinski definition) is 1. The summed E-state index contributed by atoms with van der Waals surface area (Å²) in [6.45, 7) is 0. The molecule has 0 aliphatic carbocycles. The highest BCUT2D eigenvalue weighted by Crippen LogP contribution is 2.27. The Balaban J connectivity index is 1.54. The number of halogens is 1. The largest absolute Gasteiger partial charge is 0.322 e. The molecular weight excluding hydrogens is 459 g/mol. The number of anilines is 2. The van der Waals surface area contributed by atoms with Crippen LogP contribution in [0.3, 0.4) is 0 Å². The molecule has 1 N–H and O–H groups in total. The van der Waals surface area contributed by atoms with Crippen LogP contribution in [0.2, 0.25) is 0 Å². The number of carbonyl (C=O) groups excluding carboxylic acids is 3. The van der Waals surface area contributed by atoms with Gasteiger partial charge in [0.25, 0.3) is 17.7 Å². The summed E-state index contributed by atoms with van der Waals surface area (Å²) in [4.78, 5) is 45.9. The van der Waals surface area contributed by atoms with Crippen LogP contribution < -0.4 is 10.2 Å². The van der Waals surface area contributed by atoms with Gasteiger partial charge in [0.1, 0.15) is 12.0 Å². The number of rotatable bonds is 3. The number of nitrogens with one attached hydrogen (secondary N) is 1. The van der Waals surface area contributed by atoms with E-state index in [0.29, 0.717) is 16.9 Å². The van der Waals surface area contributed by atoms with Crippen molar-refractivity contribution in [1.82, 2.24) is 9.97 Å². The van der Waals surface area contributed by atoms with Crippen LogP contribution in [-0.2, 0) is 0 Å². The number of carbonyl (C=O) groups is 3. The fraction of sp³-hybridized carbons (Fsp3) is 0. The predicted octanol–water partition coefficient (Wildman–Crippen LogP) is 3.13. The fourth-order valence-corrected chi connectivity index (χ4v) is 3.07. The number of imide groups is 1. The highest BCUT2D eigenvalue weighted by Gasteiger charge is 2.38. The van der Waals surface area contributed by atoms with Crippen LogP contribution in [0.25, 0.3) is 0 Å². The first-order chi connectivity index (χ1) is 13.0. The first kappa shape index (κ1) is 17.3. The first-order valence-corrected chi connectivity index (χ1v) is 8.98. The number of aromatic nitrogens is 2. The van der Waals surface area contributed by atoms with E-state index in [-0.39, 0.29) is 17.2 Å². The quantitative estimate of drug-likeness (QED) is 0.469. The van der Waals surface area contributed by atoms with Crippen LogP contribution in [0, 0.1) is 3.57 Å². The van der Waals surface area contributed by atoms with Crippen LogP contribution in [0.4, 0.5) is 11.4 Å². The topological polar surface area (TPSA) is 92.3 Å². The van der Waals surface area contributed by atoms with Crippen molar-refractivity contribution in [2.24, 2.45) is 0 Å². The minimum atomic E-state index is -0.506. The molecule has 7 nitrogen and oxygen atoms in total. The highest BCUT2D eigenvalue weighted by atomic mass is 127. The van der Waals surface area contributed by atoms with Crippen molar-refractivity contribution < 1.29 is 14.4 Å². The van der Waals surface area contributed by atoms with Crippen molar-refractivity contribution in [3.8, 4) is 0 Å². The zero-order valence-electron chi connectivity index (χ0n) is 13.7. The molecule has 0 radical (unpaired) electrons. The van der Waals surface area contributed by atoms with Crippen molar-refractivity contribution in [3.63, 3.8) is 0 Å². The Kier molecular flexibility index (Phi) is 4.40. The molecule has 2 aromatic carbocycles. The lowest BCUT2D eigenvalue weighted by Gasteiger charge is -2.14. The minimum Gasteiger partial charge on any atom is -0.322 e. The van der Waals surface area contributed by atoms with E-state index in [9.17, 15) is 14.4 Å². The Morgan fingerprint density at radius 1 is 0.963 bits per heavy atom. The zero-order chi connectivity index (χ0) is 19.0. The van der Waals surface area contributed by atoms with Crippen molar-refractivity contribution in [1.29, 1.82) is 0 Å². The van der Waals surface area contributed by atoms with Gasteiger partial charge in [0.2, 0.25) is 0 Å². The van der Waals surface area contributed by atoms with Crippen LogP contribution in [0.1, 0.15) is 31.2 Å². The standard InChI is InChI=1S/C19H11IN4O3/c20-12-3-5-13(6-4-12)23-17(25)11-1-7-14(8-2-11)24-18(26)15-9-21-10-22-16(15)19(24)27/h1-10H,(H,23,25). The van der Waals surface area contributed by atoms with E-state index < -0.39 is 11.8 Å². The molecule has 8 heteroatoms. The Labute approximate surface area is 167 Å². The maximum absolute atomic E-state index is 12.4. The summed E-state index contributed by atoms with van der Waals surface area (Å²) in [6, 6.07) is 13.6. The van der Waals surface area contributed by atoms with Gasteiger partial charge in [0.15, 0.2) is 0 Å². The summed E-state index contributed by atoms with van der Waals surface area (Å²) >= 11 is 2.19. The number of nitrogens with zero attached hydrogens (tertiary/aromatic N) is 3. The zero-order valence-corrected chi connectivity index (χ0v) is 15.9. The Morgan fingerprint density at radius 2 is 1.67 bits per heavy atom. The van der Waals surface area contributed by atoms with E-state index in [1.54, 1.807) is 24.3 Å². The molecule has 0 fully saturated rings. The van der Waals surface area contributed by atoms with Crippen LogP contribution in [-0.4, -0.2) is 27.7 Å². The lowest BCUT2D eigenvalue weighted by molar-refractivity contribution is 0.0924. The lowest BCUT2D eigenvalue weighted by atomic mass is 10.1. The third-order valence-corrected chi connectivity index (χ3v) is 4.76. The molecule has 2 heterocycles. The number of fused-ring (bicyclic) bond motifs is 1. The van der Waals surface area contributed by atoms with E-state index >= 15 is 0 Å². The summed E-state index contributed by atoms with van der Waals surface area (Å²) in [5.41, 5.74) is 1.71. The van der Waals surface area contributed by atoms with Crippen molar-refractivity contribution in [2.75, 3.05) is 10.2 Å². The van der Waals surface area contributed by atoms with E-state index in [2.05, 4.69) is 37.9 Å². The van der Waals surface area contributed by atoms with E-state index in [1.807, 2.05) is 24.3 Å². The average molecular weight is 470 g/mol. The Bertz CT molecular complexity index is 1030. The molecule has 3 aromatic rings. The summed E-state index contributed by atoms with van der Waals surface area (Å²) in [7, 11) is 0. The Hall–Kier alpha value is -3.14. The van der Waals surface area contributed by atoms with Crippen LogP contribution >= 0.6 is 22.6 Å². The molecule has 3 amide bonds. The lowest BCUT2D eigenvalue weighted by Crippen LogP contribution is -2.29. The van der Waals surface area contributed by atoms with Gasteiger partial charge in [0.05, 0.1) is 11.3 Å². The molecule has 0 atom stereocenters. The first-order valence-electron chi connectivity index (χ1n) is 7.90. The molecule has 0 saturated carbocycles. The average Bonchev–Trinajstić information content (AvgIpc) is 2.95. The molecule has 0 spiro atoms. The van der Waals surface area contributed by atoms with Gasteiger partial charge in [0, 0.05) is 21.0 Å². The van der Waals surface area contributed by atoms with Gasteiger partial charge in [-0.15, -0.1) is 0 Å². The van der Waals surface area contributed by atoms with Gasteiger partial charge in [-0.25, -0.2) is 14.9 Å². The third-order valence-electron chi connectivity index (χ3n) is 4.04. The second-order valence-corrected chi connectivity index (χ2v) is 6.98. The fourth-order valence-electron chi connectivity index (χ4n) is 2.71. The van der Waals surface area contributed by atoms with Crippen molar-refractivity contribution >= 4 is 51.7 Å². The molecule has 132 valence electrons. The number of hydrogen-bond acceptors (Lipinski definition) is 5. The summed E-state index contributed by atoms with van der Waals surface area (Å²) in [5, 5.41) is 2.80. The number of benzene rings is 2. The smallest absolute Gasteiger partial charge is 0.284 e. The van der Waals surface area contributed by atoms with Gasteiger partial charge < -0.3 is 5.32 Å². The normalized spacial score (nSPS) is 12.9. The summed E-state index contributed by atoms with van der Waals surface area (Å²) in [5.74, 6) is -1.27. The maximum Gasteiger partial charge on any atom is 0.284 e. The second kappa shape index (κ2) is 6.88. The summed E-state index contributed by atoms with van der Waals surface area (Å²) in [6.07, 6.45) is 2.55. The predicted molar refractivity (Wildman–Crippen MR) is 107 cm³/mol. The monoisotopic (exact) mass is 470 g/mol. The third kappa shape index (κ3) is 3.19. The van der Waals surface area contributed by atoms with Crippen LogP contribution in [0.5, 0.6) is 0 Å².